The van der Waals surface area contributed by atoms with E-state index in [1.54, 1.807) is 0 Å². The average Bonchev–Trinajstić information content (AvgIpc) is 3.44. The number of hydrogen-bond donors (Lipinski definition) is 0. The van der Waals surface area contributed by atoms with Crippen LogP contribution in [0.3, 0.4) is 0 Å². The molecule has 0 N–H and O–H groups in total. The maximum atomic E-state index is 15.8. The lowest BCUT2D eigenvalue weighted by Crippen LogP contribution is -2.27. The molecule has 0 aliphatic heterocycles. The van der Waals surface area contributed by atoms with Crippen molar-refractivity contribution < 1.29 is 23.7 Å². The van der Waals surface area contributed by atoms with Crippen molar-refractivity contribution in [1.29, 1.82) is 0 Å². The Morgan fingerprint density at radius 2 is 0.654 bits per heavy atom. The van der Waals surface area contributed by atoms with E-state index in [1.807, 2.05) is 18.2 Å². The summed E-state index contributed by atoms with van der Waals surface area (Å²) in [6.07, 6.45) is 4.74. The summed E-state index contributed by atoms with van der Waals surface area (Å²) in [5.74, 6) is 2.93. The van der Waals surface area contributed by atoms with Crippen LogP contribution in [0.2, 0.25) is 0 Å². The molecule has 0 fully saturated rings. The van der Waals surface area contributed by atoms with Gasteiger partial charge in [-0.3, -0.25) is 0 Å². The third-order valence-corrected chi connectivity index (χ3v) is 17.4. The Morgan fingerprint density at radius 1 is 0.385 bits per heavy atom. The van der Waals surface area contributed by atoms with Gasteiger partial charge in [-0.05, 0) is 126 Å². The molecule has 7 aromatic rings. The van der Waals surface area contributed by atoms with E-state index < -0.39 is 7.92 Å². The van der Waals surface area contributed by atoms with Crippen molar-refractivity contribution >= 4 is 29.8 Å². The molecular weight excluding hydrogens is 976 g/mol. The average molecular weight is 1060 g/mol. The van der Waals surface area contributed by atoms with Crippen LogP contribution in [-0.2, 0) is 47.3 Å². The highest BCUT2D eigenvalue weighted by atomic mass is 31.1. The molecule has 5 nitrogen and oxygen atoms in total. The molecule has 0 aromatic heterocycles. The second kappa shape index (κ2) is 24.1. The first-order valence-electron chi connectivity index (χ1n) is 28.7. The van der Waals surface area contributed by atoms with Crippen molar-refractivity contribution in [2.75, 3.05) is 19.8 Å². The van der Waals surface area contributed by atoms with Gasteiger partial charge in [0.2, 0.25) is 0 Å². The number of carbonyl (C=O) groups is 1. The molecule has 0 heterocycles. The zero-order valence-electron chi connectivity index (χ0n) is 49.8. The SMILES string of the molecule is CCCOc1c2cc(C(C)(C)C)cc1Cc1cc(C(C)(C)C)cc(c1OCCC)Cc1cc(C(C)(C)C)cc(c1OC(=O)c1ccccc1P(c1ccccc1)c1ccccc1)Cc1cc(C(C)(C)C)cc(c1OCCC)C2. The van der Waals surface area contributed by atoms with Gasteiger partial charge >= 0.3 is 5.97 Å². The summed E-state index contributed by atoms with van der Waals surface area (Å²) in [7, 11) is -1.12. The summed E-state index contributed by atoms with van der Waals surface area (Å²) in [6.45, 7) is 35.8. The van der Waals surface area contributed by atoms with Gasteiger partial charge in [0.15, 0.2) is 0 Å². The summed E-state index contributed by atoms with van der Waals surface area (Å²) in [6, 6.07) is 48.1. The minimum absolute atomic E-state index is 0.138. The highest BCUT2D eigenvalue weighted by molar-refractivity contribution is 7.80. The second-order valence-corrected chi connectivity index (χ2v) is 27.8. The van der Waals surface area contributed by atoms with Crippen LogP contribution in [0.4, 0.5) is 0 Å². The van der Waals surface area contributed by atoms with E-state index in [4.69, 9.17) is 18.9 Å². The Hall–Kier alpha value is -6.16. The Morgan fingerprint density at radius 3 is 0.936 bits per heavy atom. The molecule has 78 heavy (non-hydrogen) atoms. The number of fused-ring (bicyclic) bond motifs is 8. The lowest BCUT2D eigenvalue weighted by atomic mass is 9.79. The first-order valence-corrected chi connectivity index (χ1v) is 30.1. The lowest BCUT2D eigenvalue weighted by molar-refractivity contribution is 0.0733. The number of carbonyl (C=O) groups excluding carboxylic acids is 1. The quantitative estimate of drug-likeness (QED) is 0.0617. The fraction of sp³-hybridized carbons (Fsp3) is 0.403. The number of ether oxygens (including phenoxy) is 4. The van der Waals surface area contributed by atoms with E-state index in [0.717, 1.165) is 96.9 Å². The first kappa shape index (κ1) is 58.0. The number of esters is 1. The topological polar surface area (TPSA) is 54.0 Å². The predicted molar refractivity (Wildman–Crippen MR) is 329 cm³/mol. The number of rotatable bonds is 14. The Balaban J connectivity index is 1.48. The molecule has 0 radical (unpaired) electrons. The Kier molecular flexibility index (Phi) is 17.9. The maximum Gasteiger partial charge on any atom is 0.344 e. The molecule has 0 saturated carbocycles. The van der Waals surface area contributed by atoms with Crippen LogP contribution in [0.25, 0.3) is 0 Å². The lowest BCUT2D eigenvalue weighted by Gasteiger charge is -2.29. The van der Waals surface area contributed by atoms with Gasteiger partial charge in [0.25, 0.3) is 0 Å². The van der Waals surface area contributed by atoms with Gasteiger partial charge in [0.05, 0.1) is 25.4 Å². The molecule has 0 spiro atoms. The zero-order chi connectivity index (χ0) is 56.2. The van der Waals surface area contributed by atoms with Crippen molar-refractivity contribution in [1.82, 2.24) is 0 Å². The molecule has 0 atom stereocenters. The molecule has 0 saturated heterocycles. The van der Waals surface area contributed by atoms with Gasteiger partial charge in [-0.1, -0.05) is 231 Å². The number of hydrogen-bond acceptors (Lipinski definition) is 5. The highest BCUT2D eigenvalue weighted by Crippen LogP contribution is 2.45. The van der Waals surface area contributed by atoms with E-state index in [2.05, 4.69) is 219 Å². The monoisotopic (exact) mass is 1060 g/mol. The fourth-order valence-corrected chi connectivity index (χ4v) is 12.9. The second-order valence-electron chi connectivity index (χ2n) is 25.7. The molecule has 8 rings (SSSR count). The van der Waals surface area contributed by atoms with Crippen LogP contribution in [-0.4, -0.2) is 25.8 Å². The molecule has 0 unspecified atom stereocenters. The standard InChI is InChI=1S/C72H87O5P/c1-16-33-74-64-48-36-50-42-57(70(7,8)9)44-52(65(50)75-34-17-2)38-54-46-59(72(13,14)15)47-55(39-53-45-58(71(10,11)12)43-51(66(53)76-35-18-3)37-49(64)41-56(40-48)69(4,5)6)67(54)77-68(73)62-31-25-26-32-63(62)78(60-27-21-19-22-28-60)61-29-23-20-24-30-61/h19-32,40-47H,16-18,33-39H2,1-15H3. The van der Waals surface area contributed by atoms with E-state index in [9.17, 15) is 0 Å². The first-order chi connectivity index (χ1) is 37.0. The molecule has 1 aliphatic rings. The fourth-order valence-electron chi connectivity index (χ4n) is 10.5. The van der Waals surface area contributed by atoms with E-state index in [0.29, 0.717) is 56.8 Å². The van der Waals surface area contributed by atoms with E-state index in [-0.39, 0.29) is 27.6 Å². The molecule has 0 amide bonds. The van der Waals surface area contributed by atoms with Crippen LogP contribution >= 0.6 is 7.92 Å². The van der Waals surface area contributed by atoms with Crippen LogP contribution in [0.1, 0.15) is 200 Å². The van der Waals surface area contributed by atoms with E-state index in [1.165, 1.54) is 22.3 Å². The maximum absolute atomic E-state index is 15.8. The van der Waals surface area contributed by atoms with Crippen LogP contribution in [0.5, 0.6) is 23.0 Å². The minimum Gasteiger partial charge on any atom is -0.493 e. The molecule has 1 aliphatic carbocycles. The molecule has 7 aromatic carbocycles. The van der Waals surface area contributed by atoms with Crippen molar-refractivity contribution in [3.8, 4) is 23.0 Å². The Bertz CT molecular complexity index is 3050. The zero-order valence-corrected chi connectivity index (χ0v) is 50.7. The van der Waals surface area contributed by atoms with Crippen LogP contribution in [0.15, 0.2) is 133 Å². The van der Waals surface area contributed by atoms with Gasteiger partial charge in [-0.25, -0.2) is 4.79 Å². The van der Waals surface area contributed by atoms with Crippen molar-refractivity contribution in [3.63, 3.8) is 0 Å². The third-order valence-electron chi connectivity index (χ3n) is 14.9. The van der Waals surface area contributed by atoms with Gasteiger partial charge in [0, 0.05) is 36.8 Å². The molecule has 8 bridgehead atoms. The normalized spacial score (nSPS) is 13.1. The highest BCUT2D eigenvalue weighted by Gasteiger charge is 2.31. The van der Waals surface area contributed by atoms with Crippen molar-refractivity contribution in [2.45, 2.75) is 170 Å². The summed E-state index contributed by atoms with van der Waals surface area (Å²) < 4.78 is 28.4. The third kappa shape index (κ3) is 13.5. The van der Waals surface area contributed by atoms with Gasteiger partial charge in [-0.2, -0.15) is 0 Å². The smallest absolute Gasteiger partial charge is 0.344 e. The van der Waals surface area contributed by atoms with Gasteiger partial charge in [-0.15, -0.1) is 0 Å². The predicted octanol–water partition coefficient (Wildman–Crippen LogP) is 16.9. The van der Waals surface area contributed by atoms with Gasteiger partial charge < -0.3 is 18.9 Å². The molecule has 6 heteroatoms. The summed E-state index contributed by atoms with van der Waals surface area (Å²) in [4.78, 5) is 15.8. The number of benzene rings is 7. The van der Waals surface area contributed by atoms with Crippen LogP contribution in [0, 0.1) is 0 Å². The van der Waals surface area contributed by atoms with E-state index >= 15 is 4.79 Å². The summed E-state index contributed by atoms with van der Waals surface area (Å²) in [5, 5.41) is 3.28. The minimum atomic E-state index is -1.12. The Labute approximate surface area is 470 Å². The van der Waals surface area contributed by atoms with Gasteiger partial charge in [0.1, 0.15) is 23.0 Å². The summed E-state index contributed by atoms with van der Waals surface area (Å²) >= 11 is 0. The van der Waals surface area contributed by atoms with Crippen molar-refractivity contribution in [3.05, 3.63) is 206 Å². The molecule has 410 valence electrons. The molecular formula is C72H87O5P. The largest absolute Gasteiger partial charge is 0.493 e. The van der Waals surface area contributed by atoms with Crippen molar-refractivity contribution in [2.24, 2.45) is 0 Å². The summed E-state index contributed by atoms with van der Waals surface area (Å²) in [5.41, 5.74) is 13.2. The van der Waals surface area contributed by atoms with Crippen LogP contribution < -0.4 is 34.9 Å².